The first-order chi connectivity index (χ1) is 10.00. The average Bonchev–Trinajstić information content (AvgIpc) is 2.46. The fourth-order valence-electron chi connectivity index (χ4n) is 1.92. The summed E-state index contributed by atoms with van der Waals surface area (Å²) in [6.07, 6.45) is 0. The molecule has 0 unspecified atom stereocenters. The fourth-order valence-corrected chi connectivity index (χ4v) is 3.22. The standard InChI is InChI=1S/C15H16ClNO3S/c16-15-7-2-1-6-14(15)9-17-21(19,20)11-13-5-3-4-12(8-13)10-18/h1-8,17-18H,9-11H2. The number of aliphatic hydroxyl groups excluding tert-OH is 1. The van der Waals surface area contributed by atoms with Gasteiger partial charge < -0.3 is 5.11 Å². The molecule has 2 rings (SSSR count). The number of sulfonamides is 1. The van der Waals surface area contributed by atoms with Gasteiger partial charge in [-0.2, -0.15) is 0 Å². The lowest BCUT2D eigenvalue weighted by Crippen LogP contribution is -2.24. The number of nitrogens with one attached hydrogen (secondary N) is 1. The van der Waals surface area contributed by atoms with Crippen LogP contribution in [-0.2, 0) is 28.9 Å². The summed E-state index contributed by atoms with van der Waals surface area (Å²) < 4.78 is 26.7. The second-order valence-electron chi connectivity index (χ2n) is 4.65. The lowest BCUT2D eigenvalue weighted by atomic mass is 10.1. The van der Waals surface area contributed by atoms with Crippen molar-refractivity contribution in [2.24, 2.45) is 0 Å². The highest BCUT2D eigenvalue weighted by Gasteiger charge is 2.12. The van der Waals surface area contributed by atoms with Crippen LogP contribution in [0, 0.1) is 0 Å². The van der Waals surface area contributed by atoms with Gasteiger partial charge >= 0.3 is 0 Å². The summed E-state index contributed by atoms with van der Waals surface area (Å²) in [5.74, 6) is -0.134. The zero-order valence-electron chi connectivity index (χ0n) is 11.3. The third-order valence-corrected chi connectivity index (χ3v) is 4.64. The molecule has 0 amide bonds. The minimum Gasteiger partial charge on any atom is -0.392 e. The second kappa shape index (κ2) is 7.04. The number of halogens is 1. The number of hydrogen-bond acceptors (Lipinski definition) is 3. The van der Waals surface area contributed by atoms with Crippen LogP contribution in [0.15, 0.2) is 48.5 Å². The Hall–Kier alpha value is -1.40. The van der Waals surface area contributed by atoms with Gasteiger partial charge in [0.05, 0.1) is 12.4 Å². The van der Waals surface area contributed by atoms with E-state index < -0.39 is 10.0 Å². The van der Waals surface area contributed by atoms with Crippen LogP contribution in [0.5, 0.6) is 0 Å². The molecular weight excluding hydrogens is 310 g/mol. The van der Waals surface area contributed by atoms with E-state index in [1.807, 2.05) is 0 Å². The lowest BCUT2D eigenvalue weighted by Gasteiger charge is -2.09. The van der Waals surface area contributed by atoms with E-state index in [-0.39, 0.29) is 18.9 Å². The van der Waals surface area contributed by atoms with Crippen molar-refractivity contribution in [1.29, 1.82) is 0 Å². The molecule has 6 heteroatoms. The molecule has 4 nitrogen and oxygen atoms in total. The highest BCUT2D eigenvalue weighted by atomic mass is 35.5. The normalized spacial score (nSPS) is 11.5. The van der Waals surface area contributed by atoms with Gasteiger partial charge in [0.1, 0.15) is 0 Å². The smallest absolute Gasteiger partial charge is 0.216 e. The first-order valence-corrected chi connectivity index (χ1v) is 8.42. The predicted octanol–water partition coefficient (Wildman–Crippen LogP) is 2.45. The molecule has 0 aromatic heterocycles. The fraction of sp³-hybridized carbons (Fsp3) is 0.200. The molecule has 2 aromatic carbocycles. The lowest BCUT2D eigenvalue weighted by molar-refractivity contribution is 0.282. The van der Waals surface area contributed by atoms with Crippen LogP contribution in [-0.4, -0.2) is 13.5 Å². The summed E-state index contributed by atoms with van der Waals surface area (Å²) in [5.41, 5.74) is 2.05. The summed E-state index contributed by atoms with van der Waals surface area (Å²) >= 11 is 5.99. The minimum atomic E-state index is -3.46. The summed E-state index contributed by atoms with van der Waals surface area (Å²) in [5, 5.41) is 9.59. The Morgan fingerprint density at radius 1 is 1.05 bits per heavy atom. The Bertz CT molecular complexity index is 716. The largest absolute Gasteiger partial charge is 0.392 e. The van der Waals surface area contributed by atoms with E-state index in [1.165, 1.54) is 0 Å². The first-order valence-electron chi connectivity index (χ1n) is 6.39. The minimum absolute atomic E-state index is 0.110. The molecule has 21 heavy (non-hydrogen) atoms. The van der Waals surface area contributed by atoms with E-state index >= 15 is 0 Å². The van der Waals surface area contributed by atoms with Crippen LogP contribution in [0.1, 0.15) is 16.7 Å². The number of benzene rings is 2. The van der Waals surface area contributed by atoms with E-state index in [0.717, 1.165) is 5.56 Å². The van der Waals surface area contributed by atoms with Crippen molar-refractivity contribution in [3.05, 3.63) is 70.2 Å². The Kier molecular flexibility index (Phi) is 5.36. The molecule has 0 aliphatic rings. The van der Waals surface area contributed by atoms with Crippen LogP contribution in [0.3, 0.4) is 0 Å². The van der Waals surface area contributed by atoms with Crippen molar-refractivity contribution in [2.45, 2.75) is 18.9 Å². The SMILES string of the molecule is O=S(=O)(Cc1cccc(CO)c1)NCc1ccccc1Cl. The van der Waals surface area contributed by atoms with Crippen molar-refractivity contribution < 1.29 is 13.5 Å². The van der Waals surface area contributed by atoms with Gasteiger partial charge in [-0.1, -0.05) is 54.1 Å². The molecule has 0 saturated heterocycles. The van der Waals surface area contributed by atoms with Gasteiger partial charge in [-0.15, -0.1) is 0 Å². The maximum Gasteiger partial charge on any atom is 0.216 e. The van der Waals surface area contributed by atoms with Crippen molar-refractivity contribution in [2.75, 3.05) is 0 Å². The molecular formula is C15H16ClNO3S. The first kappa shape index (κ1) is 16.0. The third-order valence-electron chi connectivity index (χ3n) is 2.97. The van der Waals surface area contributed by atoms with Crippen LogP contribution in [0.2, 0.25) is 5.02 Å². The Morgan fingerprint density at radius 3 is 2.48 bits per heavy atom. The summed E-state index contributed by atoms with van der Waals surface area (Å²) in [6, 6.07) is 14.0. The molecule has 0 aliphatic heterocycles. The van der Waals surface area contributed by atoms with Gasteiger partial charge in [-0.05, 0) is 22.8 Å². The third kappa shape index (κ3) is 4.82. The summed E-state index contributed by atoms with van der Waals surface area (Å²) in [6.45, 7) is 0.0443. The molecule has 112 valence electrons. The number of hydrogen-bond donors (Lipinski definition) is 2. The topological polar surface area (TPSA) is 66.4 Å². The van der Waals surface area contributed by atoms with Crippen LogP contribution in [0.4, 0.5) is 0 Å². The van der Waals surface area contributed by atoms with E-state index in [4.69, 9.17) is 16.7 Å². The predicted molar refractivity (Wildman–Crippen MR) is 83.3 cm³/mol. The van der Waals surface area contributed by atoms with Crippen molar-refractivity contribution in [1.82, 2.24) is 4.72 Å². The molecule has 0 spiro atoms. The van der Waals surface area contributed by atoms with Crippen molar-refractivity contribution >= 4 is 21.6 Å². The highest BCUT2D eigenvalue weighted by Crippen LogP contribution is 2.15. The molecule has 0 atom stereocenters. The maximum atomic E-state index is 12.1. The summed E-state index contributed by atoms with van der Waals surface area (Å²) in [7, 11) is -3.46. The van der Waals surface area contributed by atoms with E-state index in [9.17, 15) is 8.42 Å². The van der Waals surface area contributed by atoms with Gasteiger partial charge in [0.2, 0.25) is 10.0 Å². The molecule has 2 N–H and O–H groups in total. The van der Waals surface area contributed by atoms with Crippen LogP contribution < -0.4 is 4.72 Å². The Labute approximate surface area is 129 Å². The quantitative estimate of drug-likeness (QED) is 0.857. The molecule has 0 fully saturated rings. The zero-order valence-corrected chi connectivity index (χ0v) is 12.9. The zero-order chi connectivity index (χ0) is 15.3. The molecule has 0 bridgehead atoms. The average molecular weight is 326 g/mol. The van der Waals surface area contributed by atoms with E-state index in [2.05, 4.69) is 4.72 Å². The Balaban J connectivity index is 2.03. The van der Waals surface area contributed by atoms with Gasteiger partial charge in [0.15, 0.2) is 0 Å². The molecule has 2 aromatic rings. The van der Waals surface area contributed by atoms with Gasteiger partial charge in [0, 0.05) is 11.6 Å². The molecule has 0 heterocycles. The monoisotopic (exact) mass is 325 g/mol. The molecule has 0 radical (unpaired) electrons. The number of aliphatic hydroxyl groups is 1. The maximum absolute atomic E-state index is 12.1. The van der Waals surface area contributed by atoms with Crippen LogP contribution in [0.25, 0.3) is 0 Å². The van der Waals surface area contributed by atoms with Gasteiger partial charge in [-0.3, -0.25) is 0 Å². The van der Waals surface area contributed by atoms with E-state index in [1.54, 1.807) is 48.5 Å². The van der Waals surface area contributed by atoms with E-state index in [0.29, 0.717) is 16.1 Å². The van der Waals surface area contributed by atoms with Crippen molar-refractivity contribution in [3.63, 3.8) is 0 Å². The molecule has 0 aliphatic carbocycles. The van der Waals surface area contributed by atoms with Gasteiger partial charge in [0.25, 0.3) is 0 Å². The van der Waals surface area contributed by atoms with Crippen LogP contribution >= 0.6 is 11.6 Å². The summed E-state index contributed by atoms with van der Waals surface area (Å²) in [4.78, 5) is 0. The second-order valence-corrected chi connectivity index (χ2v) is 6.86. The number of rotatable bonds is 6. The molecule has 0 saturated carbocycles. The van der Waals surface area contributed by atoms with Crippen molar-refractivity contribution in [3.8, 4) is 0 Å². The van der Waals surface area contributed by atoms with Gasteiger partial charge in [-0.25, -0.2) is 13.1 Å². The highest BCUT2D eigenvalue weighted by molar-refractivity contribution is 7.88. The Morgan fingerprint density at radius 2 is 1.76 bits per heavy atom.